The molecule has 0 radical (unpaired) electrons. The monoisotopic (exact) mass is 467 g/mol. The number of rotatable bonds is 7. The fourth-order valence-corrected chi connectivity index (χ4v) is 2.64. The number of guanidine groups is 1. The number of aromatic nitrogens is 1. The van der Waals surface area contributed by atoms with Crippen LogP contribution in [0.5, 0.6) is 0 Å². The Morgan fingerprint density at radius 2 is 2.04 bits per heavy atom. The van der Waals surface area contributed by atoms with Crippen molar-refractivity contribution in [2.24, 2.45) is 4.99 Å². The van der Waals surface area contributed by atoms with E-state index in [2.05, 4.69) is 41.4 Å². The summed E-state index contributed by atoms with van der Waals surface area (Å²) in [4.78, 5) is 23.4. The van der Waals surface area contributed by atoms with Gasteiger partial charge in [-0.05, 0) is 27.2 Å². The van der Waals surface area contributed by atoms with Crippen LogP contribution in [0, 0.1) is 13.8 Å². The lowest BCUT2D eigenvalue weighted by Gasteiger charge is -2.17. The number of carbonyl (C=O) groups excluding carboxylic acids is 1. The van der Waals surface area contributed by atoms with E-state index in [0.29, 0.717) is 12.0 Å². The first kappa shape index (κ1) is 23.1. The molecule has 0 aliphatic carbocycles. The topological polar surface area (TPSA) is 69.6 Å². The average molecular weight is 467 g/mol. The standard InChI is InChI=1S/C16H29N5OS.HI/c1-7-11(2)19-16(18-10-15(22)21(5)6)17-9-8-14-20-12(3)13(4)23-14;/h11H,7-10H2,1-6H3,(H2,17,18,19);1H. The van der Waals surface area contributed by atoms with Crippen molar-refractivity contribution < 1.29 is 4.79 Å². The summed E-state index contributed by atoms with van der Waals surface area (Å²) in [5, 5.41) is 7.73. The number of likely N-dealkylation sites (N-methyl/N-ethyl adjacent to an activating group) is 1. The van der Waals surface area contributed by atoms with Crippen LogP contribution in [-0.2, 0) is 11.2 Å². The average Bonchev–Trinajstić information content (AvgIpc) is 2.82. The summed E-state index contributed by atoms with van der Waals surface area (Å²) in [7, 11) is 3.47. The van der Waals surface area contributed by atoms with Gasteiger partial charge in [0.2, 0.25) is 5.91 Å². The van der Waals surface area contributed by atoms with Gasteiger partial charge in [0, 0.05) is 38.0 Å². The summed E-state index contributed by atoms with van der Waals surface area (Å²) < 4.78 is 0. The van der Waals surface area contributed by atoms with Crippen molar-refractivity contribution >= 4 is 47.2 Å². The van der Waals surface area contributed by atoms with Gasteiger partial charge in [-0.3, -0.25) is 4.79 Å². The van der Waals surface area contributed by atoms with E-state index < -0.39 is 0 Å². The van der Waals surface area contributed by atoms with Crippen LogP contribution in [0.4, 0.5) is 0 Å². The molecular weight excluding hydrogens is 437 g/mol. The van der Waals surface area contributed by atoms with Gasteiger partial charge in [-0.25, -0.2) is 9.98 Å². The molecule has 0 saturated carbocycles. The highest BCUT2D eigenvalue weighted by molar-refractivity contribution is 14.0. The van der Waals surface area contributed by atoms with Gasteiger partial charge in [0.25, 0.3) is 0 Å². The van der Waals surface area contributed by atoms with E-state index >= 15 is 0 Å². The predicted molar refractivity (Wildman–Crippen MR) is 113 cm³/mol. The quantitative estimate of drug-likeness (QED) is 0.367. The van der Waals surface area contributed by atoms with E-state index in [-0.39, 0.29) is 36.4 Å². The summed E-state index contributed by atoms with van der Waals surface area (Å²) in [6.07, 6.45) is 1.84. The lowest BCUT2D eigenvalue weighted by atomic mass is 10.3. The van der Waals surface area contributed by atoms with Crippen LogP contribution >= 0.6 is 35.3 Å². The van der Waals surface area contributed by atoms with Crippen molar-refractivity contribution in [2.75, 3.05) is 27.2 Å². The molecule has 0 aromatic carbocycles. The summed E-state index contributed by atoms with van der Waals surface area (Å²) in [5.41, 5.74) is 1.10. The van der Waals surface area contributed by atoms with E-state index in [4.69, 9.17) is 0 Å². The molecule has 1 aromatic rings. The Balaban J connectivity index is 0.00000529. The Labute approximate surface area is 166 Å². The molecule has 0 bridgehead atoms. The van der Waals surface area contributed by atoms with Crippen molar-refractivity contribution in [1.29, 1.82) is 0 Å². The maximum atomic E-state index is 11.7. The van der Waals surface area contributed by atoms with Crippen LogP contribution in [0.2, 0.25) is 0 Å². The number of thiazole rings is 1. The van der Waals surface area contributed by atoms with Gasteiger partial charge in [-0.1, -0.05) is 6.92 Å². The first-order valence-corrected chi connectivity index (χ1v) is 8.83. The molecule has 1 unspecified atom stereocenters. The molecule has 0 saturated heterocycles. The fourth-order valence-electron chi connectivity index (χ4n) is 1.71. The number of nitrogens with one attached hydrogen (secondary N) is 2. The highest BCUT2D eigenvalue weighted by Gasteiger charge is 2.08. The third-order valence-corrected chi connectivity index (χ3v) is 4.70. The van der Waals surface area contributed by atoms with Gasteiger partial charge in [0.05, 0.1) is 10.7 Å². The summed E-state index contributed by atoms with van der Waals surface area (Å²) >= 11 is 1.73. The minimum atomic E-state index is -0.0126. The smallest absolute Gasteiger partial charge is 0.243 e. The molecule has 1 atom stereocenters. The third kappa shape index (κ3) is 8.27. The second-order valence-corrected chi connectivity index (χ2v) is 7.12. The molecule has 0 aliphatic rings. The zero-order valence-electron chi connectivity index (χ0n) is 15.5. The molecule has 0 fully saturated rings. The molecule has 1 heterocycles. The Hall–Kier alpha value is -0.900. The van der Waals surface area contributed by atoms with Crippen molar-refractivity contribution in [3.05, 3.63) is 15.6 Å². The van der Waals surface area contributed by atoms with Crippen molar-refractivity contribution in [3.8, 4) is 0 Å². The molecule has 0 spiro atoms. The molecule has 2 N–H and O–H groups in total. The number of halogens is 1. The largest absolute Gasteiger partial charge is 0.356 e. The molecule has 6 nitrogen and oxygen atoms in total. The number of aryl methyl sites for hydroxylation is 2. The van der Waals surface area contributed by atoms with E-state index in [1.54, 1.807) is 30.3 Å². The molecule has 8 heteroatoms. The zero-order chi connectivity index (χ0) is 17.4. The van der Waals surface area contributed by atoms with Gasteiger partial charge in [0.15, 0.2) is 5.96 Å². The summed E-state index contributed by atoms with van der Waals surface area (Å²) in [6.45, 7) is 9.22. The van der Waals surface area contributed by atoms with Crippen LogP contribution in [0.15, 0.2) is 4.99 Å². The van der Waals surface area contributed by atoms with Crippen LogP contribution in [0.25, 0.3) is 0 Å². The van der Waals surface area contributed by atoms with Crippen LogP contribution in [-0.4, -0.2) is 55.0 Å². The molecule has 1 aromatic heterocycles. The van der Waals surface area contributed by atoms with Crippen LogP contribution < -0.4 is 10.6 Å². The first-order valence-electron chi connectivity index (χ1n) is 8.01. The second-order valence-electron chi connectivity index (χ2n) is 5.83. The maximum absolute atomic E-state index is 11.7. The van der Waals surface area contributed by atoms with E-state index in [1.165, 1.54) is 4.88 Å². The fraction of sp³-hybridized carbons (Fsp3) is 0.688. The minimum Gasteiger partial charge on any atom is -0.356 e. The van der Waals surface area contributed by atoms with E-state index in [9.17, 15) is 4.79 Å². The number of amides is 1. The van der Waals surface area contributed by atoms with Crippen molar-refractivity contribution in [3.63, 3.8) is 0 Å². The Morgan fingerprint density at radius 1 is 1.38 bits per heavy atom. The molecule has 1 amide bonds. The highest BCUT2D eigenvalue weighted by Crippen LogP contribution is 2.16. The van der Waals surface area contributed by atoms with Gasteiger partial charge in [-0.2, -0.15) is 0 Å². The number of hydrogen-bond acceptors (Lipinski definition) is 4. The lowest BCUT2D eigenvalue weighted by Crippen LogP contribution is -2.43. The van der Waals surface area contributed by atoms with Crippen molar-refractivity contribution in [2.45, 2.75) is 46.6 Å². The number of hydrogen-bond donors (Lipinski definition) is 2. The van der Waals surface area contributed by atoms with Crippen molar-refractivity contribution in [1.82, 2.24) is 20.5 Å². The lowest BCUT2D eigenvalue weighted by molar-refractivity contribution is -0.127. The molecule has 24 heavy (non-hydrogen) atoms. The van der Waals surface area contributed by atoms with Gasteiger partial charge >= 0.3 is 0 Å². The molecule has 1 rings (SSSR count). The zero-order valence-corrected chi connectivity index (χ0v) is 18.6. The second kappa shape index (κ2) is 11.6. The first-order chi connectivity index (χ1) is 10.8. The number of aliphatic imine (C=N–C) groups is 1. The molecular formula is C16H30IN5OS. The number of nitrogens with zero attached hydrogens (tertiary/aromatic N) is 3. The normalized spacial score (nSPS) is 12.3. The highest BCUT2D eigenvalue weighted by atomic mass is 127. The Bertz CT molecular complexity index is 525. The van der Waals surface area contributed by atoms with Gasteiger partial charge < -0.3 is 15.5 Å². The van der Waals surface area contributed by atoms with Gasteiger partial charge in [-0.15, -0.1) is 35.3 Å². The predicted octanol–water partition coefficient (Wildman–Crippen LogP) is 2.34. The van der Waals surface area contributed by atoms with Crippen LogP contribution in [0.1, 0.15) is 35.8 Å². The minimum absolute atomic E-state index is 0. The Kier molecular flexibility index (Phi) is 11.2. The molecule has 0 aliphatic heterocycles. The molecule has 138 valence electrons. The van der Waals surface area contributed by atoms with E-state index in [0.717, 1.165) is 30.1 Å². The van der Waals surface area contributed by atoms with Gasteiger partial charge in [0.1, 0.15) is 6.54 Å². The van der Waals surface area contributed by atoms with E-state index in [1.807, 2.05) is 6.92 Å². The maximum Gasteiger partial charge on any atom is 0.243 e. The number of carbonyl (C=O) groups is 1. The van der Waals surface area contributed by atoms with Crippen LogP contribution in [0.3, 0.4) is 0 Å². The SMILES string of the molecule is CCC(C)NC(=NCC(=O)N(C)C)NCCc1nc(C)c(C)s1.I. The Morgan fingerprint density at radius 3 is 2.54 bits per heavy atom. The third-order valence-electron chi connectivity index (χ3n) is 3.57. The summed E-state index contributed by atoms with van der Waals surface area (Å²) in [6, 6.07) is 0.306. The summed E-state index contributed by atoms with van der Waals surface area (Å²) in [5.74, 6) is 0.668.